The average molecular weight is 430 g/mol. The van der Waals surface area contributed by atoms with Gasteiger partial charge in [0.25, 0.3) is 0 Å². The minimum absolute atomic E-state index is 0.121. The molecule has 3 rings (SSSR count). The van der Waals surface area contributed by atoms with Crippen molar-refractivity contribution in [1.82, 2.24) is 15.2 Å². The van der Waals surface area contributed by atoms with Crippen molar-refractivity contribution in [1.29, 1.82) is 0 Å². The largest absolute Gasteiger partial charge is 0.461 e. The van der Waals surface area contributed by atoms with Crippen LogP contribution < -0.4 is 0 Å². The van der Waals surface area contributed by atoms with Gasteiger partial charge in [-0.05, 0) is 38.1 Å². The number of carbonyl (C=O) groups is 1. The van der Waals surface area contributed by atoms with Crippen LogP contribution in [0.5, 0.6) is 0 Å². The first-order valence-electron chi connectivity index (χ1n) is 7.99. The lowest BCUT2D eigenvalue weighted by atomic mass is 10.1. The van der Waals surface area contributed by atoms with Crippen LogP contribution in [-0.2, 0) is 4.74 Å². The number of halogens is 1. The maximum Gasteiger partial charge on any atom is 0.361 e. The van der Waals surface area contributed by atoms with Crippen molar-refractivity contribution < 1.29 is 9.53 Å². The Hall–Kier alpha value is -2.25. The summed E-state index contributed by atoms with van der Waals surface area (Å²) in [7, 11) is 0. The summed E-state index contributed by atoms with van der Waals surface area (Å²) < 4.78 is 6.06. The minimum atomic E-state index is -0.525. The highest BCUT2D eigenvalue weighted by Gasteiger charge is 2.19. The van der Waals surface area contributed by atoms with Gasteiger partial charge in [-0.2, -0.15) is 0 Å². The summed E-state index contributed by atoms with van der Waals surface area (Å²) in [5.74, 6) is -0.0553. The lowest BCUT2D eigenvalue weighted by Crippen LogP contribution is -2.12. The summed E-state index contributed by atoms with van der Waals surface area (Å²) in [6.45, 7) is 4.03. The van der Waals surface area contributed by atoms with Crippen LogP contribution in [0.15, 0.2) is 62.9 Å². The number of aryl methyl sites for hydroxylation is 1. The number of ether oxygens (including phenoxy) is 1. The molecule has 2 aromatic carbocycles. The Morgan fingerprint density at radius 3 is 2.42 bits per heavy atom. The summed E-state index contributed by atoms with van der Waals surface area (Å²) in [5.41, 5.74) is 2.11. The molecule has 5 nitrogen and oxygen atoms in total. The Labute approximate surface area is 164 Å². The highest BCUT2D eigenvalue weighted by molar-refractivity contribution is 9.10. The van der Waals surface area contributed by atoms with E-state index in [-0.39, 0.29) is 12.3 Å². The summed E-state index contributed by atoms with van der Waals surface area (Å²) in [4.78, 5) is 17.7. The molecule has 7 heteroatoms. The van der Waals surface area contributed by atoms with Crippen LogP contribution in [0.2, 0.25) is 0 Å². The molecule has 0 bridgehead atoms. The van der Waals surface area contributed by atoms with E-state index in [9.17, 15) is 4.79 Å². The highest BCUT2D eigenvalue weighted by Crippen LogP contribution is 2.30. The number of rotatable bonds is 5. The molecular weight excluding hydrogens is 414 g/mol. The molecule has 1 aromatic heterocycles. The first-order chi connectivity index (χ1) is 12.6. The van der Waals surface area contributed by atoms with Crippen molar-refractivity contribution in [3.63, 3.8) is 0 Å². The van der Waals surface area contributed by atoms with Crippen LogP contribution in [0.3, 0.4) is 0 Å². The Kier molecular flexibility index (Phi) is 6.00. The molecular formula is C19H16BrN3O2S. The molecule has 132 valence electrons. The monoisotopic (exact) mass is 429 g/mol. The van der Waals surface area contributed by atoms with E-state index in [2.05, 4.69) is 31.1 Å². The van der Waals surface area contributed by atoms with Gasteiger partial charge in [-0.1, -0.05) is 57.5 Å². The second-order valence-electron chi connectivity index (χ2n) is 5.43. The second-order valence-corrected chi connectivity index (χ2v) is 7.41. The maximum atomic E-state index is 12.2. The molecule has 0 aliphatic carbocycles. The van der Waals surface area contributed by atoms with Gasteiger partial charge in [0.05, 0.1) is 6.61 Å². The second kappa shape index (κ2) is 8.42. The van der Waals surface area contributed by atoms with E-state index < -0.39 is 5.97 Å². The predicted molar refractivity (Wildman–Crippen MR) is 104 cm³/mol. The molecule has 0 N–H and O–H groups in total. The first kappa shape index (κ1) is 18.5. The van der Waals surface area contributed by atoms with Crippen LogP contribution in [0.4, 0.5) is 0 Å². The highest BCUT2D eigenvalue weighted by atomic mass is 79.9. The number of hydrogen-bond donors (Lipinski definition) is 0. The van der Waals surface area contributed by atoms with Gasteiger partial charge < -0.3 is 4.74 Å². The fourth-order valence-electron chi connectivity index (χ4n) is 2.15. The molecule has 0 unspecified atom stereocenters. The van der Waals surface area contributed by atoms with Crippen molar-refractivity contribution in [3.05, 3.63) is 64.3 Å². The van der Waals surface area contributed by atoms with Crippen LogP contribution >= 0.6 is 27.7 Å². The SMILES string of the molecule is CCOC(=O)c1nnc(-c2ccc(C)cc2)nc1Sc1ccc(Br)cc1. The van der Waals surface area contributed by atoms with Crippen molar-refractivity contribution in [2.24, 2.45) is 0 Å². The van der Waals surface area contributed by atoms with E-state index >= 15 is 0 Å². The molecule has 0 fully saturated rings. The van der Waals surface area contributed by atoms with Crippen LogP contribution in [0, 0.1) is 6.92 Å². The van der Waals surface area contributed by atoms with Gasteiger partial charge in [-0.15, -0.1) is 10.2 Å². The Balaban J connectivity index is 2.01. The van der Waals surface area contributed by atoms with Crippen LogP contribution in [0.25, 0.3) is 11.4 Å². The van der Waals surface area contributed by atoms with E-state index in [1.54, 1.807) is 6.92 Å². The zero-order valence-corrected chi connectivity index (χ0v) is 16.7. The summed E-state index contributed by atoms with van der Waals surface area (Å²) >= 11 is 4.77. The Bertz CT molecular complexity index is 915. The van der Waals surface area contributed by atoms with Crippen molar-refractivity contribution >= 4 is 33.7 Å². The third kappa shape index (κ3) is 4.47. The van der Waals surface area contributed by atoms with Gasteiger partial charge in [0, 0.05) is 14.9 Å². The third-order valence-corrected chi connectivity index (χ3v) is 4.98. The van der Waals surface area contributed by atoms with Gasteiger partial charge in [0.2, 0.25) is 5.69 Å². The number of benzene rings is 2. The summed E-state index contributed by atoms with van der Waals surface area (Å²) in [6, 6.07) is 15.6. The number of esters is 1. The number of carbonyl (C=O) groups excluding carboxylic acids is 1. The number of aromatic nitrogens is 3. The number of hydrogen-bond acceptors (Lipinski definition) is 6. The van der Waals surface area contributed by atoms with E-state index in [1.807, 2.05) is 55.5 Å². The first-order valence-corrected chi connectivity index (χ1v) is 9.60. The molecule has 26 heavy (non-hydrogen) atoms. The molecule has 0 amide bonds. The normalized spacial score (nSPS) is 10.6. The van der Waals surface area contributed by atoms with E-state index in [0.717, 1.165) is 20.5 Å². The Morgan fingerprint density at radius 2 is 1.77 bits per heavy atom. The lowest BCUT2D eigenvalue weighted by molar-refractivity contribution is 0.0512. The lowest BCUT2D eigenvalue weighted by Gasteiger charge is -2.08. The molecule has 0 radical (unpaired) electrons. The van der Waals surface area contributed by atoms with Gasteiger partial charge in [0.1, 0.15) is 5.03 Å². The van der Waals surface area contributed by atoms with Gasteiger partial charge in [-0.3, -0.25) is 0 Å². The molecule has 0 aliphatic heterocycles. The average Bonchev–Trinajstić information content (AvgIpc) is 2.64. The summed E-state index contributed by atoms with van der Waals surface area (Å²) in [6.07, 6.45) is 0. The molecule has 0 saturated carbocycles. The zero-order valence-electron chi connectivity index (χ0n) is 14.3. The van der Waals surface area contributed by atoms with Crippen molar-refractivity contribution in [2.75, 3.05) is 6.61 Å². The summed E-state index contributed by atoms with van der Waals surface area (Å²) in [5, 5.41) is 8.68. The van der Waals surface area contributed by atoms with Crippen molar-refractivity contribution in [2.45, 2.75) is 23.8 Å². The van der Waals surface area contributed by atoms with Gasteiger partial charge in [-0.25, -0.2) is 9.78 Å². The molecule has 0 aliphatic rings. The topological polar surface area (TPSA) is 65.0 Å². The fraction of sp³-hybridized carbons (Fsp3) is 0.158. The molecule has 0 atom stereocenters. The standard InChI is InChI=1S/C19H16BrN3O2S/c1-3-25-19(24)16-18(26-15-10-8-14(20)9-11-15)21-17(23-22-16)13-6-4-12(2)5-7-13/h4-11H,3H2,1-2H3. The molecule has 0 saturated heterocycles. The van der Waals surface area contributed by atoms with Crippen molar-refractivity contribution in [3.8, 4) is 11.4 Å². The van der Waals surface area contributed by atoms with Crippen LogP contribution in [0.1, 0.15) is 23.0 Å². The zero-order chi connectivity index (χ0) is 18.5. The fourth-order valence-corrected chi connectivity index (χ4v) is 3.26. The predicted octanol–water partition coefficient (Wildman–Crippen LogP) is 4.94. The van der Waals surface area contributed by atoms with Gasteiger partial charge in [0.15, 0.2) is 5.82 Å². The smallest absolute Gasteiger partial charge is 0.361 e. The third-order valence-electron chi connectivity index (χ3n) is 3.46. The quantitative estimate of drug-likeness (QED) is 0.535. The number of nitrogens with zero attached hydrogens (tertiary/aromatic N) is 3. The molecule has 3 aromatic rings. The van der Waals surface area contributed by atoms with E-state index in [4.69, 9.17) is 4.74 Å². The van der Waals surface area contributed by atoms with E-state index in [1.165, 1.54) is 11.8 Å². The Morgan fingerprint density at radius 1 is 1.08 bits per heavy atom. The minimum Gasteiger partial charge on any atom is -0.461 e. The maximum absolute atomic E-state index is 12.2. The molecule has 0 spiro atoms. The van der Waals surface area contributed by atoms with Gasteiger partial charge >= 0.3 is 5.97 Å². The van der Waals surface area contributed by atoms with E-state index in [0.29, 0.717) is 10.9 Å². The molecule has 1 heterocycles. The van der Waals surface area contributed by atoms with Crippen LogP contribution in [-0.4, -0.2) is 27.8 Å².